The number of amides is 1. The van der Waals surface area contributed by atoms with Gasteiger partial charge in [0, 0.05) is 23.4 Å². The molecule has 0 bridgehead atoms. The second-order valence-electron chi connectivity index (χ2n) is 5.10. The minimum atomic E-state index is -0.437. The Bertz CT molecular complexity index is 882. The Morgan fingerprint density at radius 2 is 2.12 bits per heavy atom. The highest BCUT2D eigenvalue weighted by Crippen LogP contribution is 2.22. The molecule has 3 rings (SSSR count). The average Bonchev–Trinajstić information content (AvgIpc) is 3.09. The minimum Gasteiger partial charge on any atom is -0.507 e. The van der Waals surface area contributed by atoms with Gasteiger partial charge in [-0.25, -0.2) is 9.37 Å². The van der Waals surface area contributed by atoms with Crippen molar-refractivity contribution in [1.82, 2.24) is 14.9 Å². The second-order valence-corrected chi connectivity index (χ2v) is 6.02. The van der Waals surface area contributed by atoms with Crippen LogP contribution in [0.25, 0.3) is 5.69 Å². The number of hydrogen-bond acceptors (Lipinski definition) is 3. The molecule has 24 heavy (non-hydrogen) atoms. The third-order valence-electron chi connectivity index (χ3n) is 3.45. The number of benzene rings is 2. The van der Waals surface area contributed by atoms with Crippen LogP contribution in [0.1, 0.15) is 15.9 Å². The Balaban J connectivity index is 1.72. The maximum absolute atomic E-state index is 14.2. The van der Waals surface area contributed by atoms with Crippen molar-refractivity contribution in [2.75, 3.05) is 0 Å². The van der Waals surface area contributed by atoms with E-state index >= 15 is 0 Å². The Morgan fingerprint density at radius 1 is 1.29 bits per heavy atom. The number of imidazole rings is 1. The number of hydrogen-bond donors (Lipinski definition) is 2. The smallest absolute Gasteiger partial charge is 0.255 e. The highest BCUT2D eigenvalue weighted by Gasteiger charge is 2.12. The maximum Gasteiger partial charge on any atom is 0.255 e. The molecule has 7 heteroatoms. The van der Waals surface area contributed by atoms with Crippen molar-refractivity contribution >= 4 is 21.8 Å². The summed E-state index contributed by atoms with van der Waals surface area (Å²) in [6.07, 6.45) is 4.73. The molecule has 0 atom stereocenters. The van der Waals surface area contributed by atoms with Gasteiger partial charge < -0.3 is 15.0 Å². The zero-order valence-electron chi connectivity index (χ0n) is 12.4. The molecule has 2 N–H and O–H groups in total. The molecule has 0 fully saturated rings. The Morgan fingerprint density at radius 3 is 2.83 bits per heavy atom. The van der Waals surface area contributed by atoms with E-state index in [9.17, 15) is 14.3 Å². The zero-order chi connectivity index (χ0) is 17.1. The van der Waals surface area contributed by atoms with Gasteiger partial charge in [0.15, 0.2) is 0 Å². The highest BCUT2D eigenvalue weighted by molar-refractivity contribution is 9.10. The Hall–Kier alpha value is -2.67. The summed E-state index contributed by atoms with van der Waals surface area (Å²) in [7, 11) is 0. The SMILES string of the molecule is O=C(NCc1ccc(-n2ccnc2)c(F)c1)c1cc(Br)ccc1O. The van der Waals surface area contributed by atoms with Crippen LogP contribution in [0.2, 0.25) is 0 Å². The predicted octanol–water partition coefficient (Wildman–Crippen LogP) is 3.41. The molecule has 0 spiro atoms. The second kappa shape index (κ2) is 6.84. The van der Waals surface area contributed by atoms with Crippen LogP contribution in [0.15, 0.2) is 59.6 Å². The van der Waals surface area contributed by atoms with Gasteiger partial charge in [0.05, 0.1) is 17.6 Å². The molecule has 122 valence electrons. The van der Waals surface area contributed by atoms with Crippen LogP contribution in [0.3, 0.4) is 0 Å². The molecule has 0 unspecified atom stereocenters. The molecule has 0 aliphatic heterocycles. The lowest BCUT2D eigenvalue weighted by Crippen LogP contribution is -2.23. The molecule has 0 saturated carbocycles. The van der Waals surface area contributed by atoms with Crippen molar-refractivity contribution in [2.45, 2.75) is 6.54 Å². The molecule has 5 nitrogen and oxygen atoms in total. The number of phenols is 1. The summed E-state index contributed by atoms with van der Waals surface area (Å²) >= 11 is 3.25. The van der Waals surface area contributed by atoms with E-state index in [4.69, 9.17) is 0 Å². The number of carbonyl (C=O) groups is 1. The van der Waals surface area contributed by atoms with E-state index in [0.29, 0.717) is 15.7 Å². The van der Waals surface area contributed by atoms with Gasteiger partial charge in [0.25, 0.3) is 5.91 Å². The molecular weight excluding hydrogens is 377 g/mol. The number of rotatable bonds is 4. The summed E-state index contributed by atoms with van der Waals surface area (Å²) in [5, 5.41) is 12.4. The Kier molecular flexibility index (Phi) is 4.61. The van der Waals surface area contributed by atoms with Gasteiger partial charge in [-0.15, -0.1) is 0 Å². The molecular formula is C17H13BrFN3O2. The van der Waals surface area contributed by atoms with E-state index in [1.807, 2.05) is 0 Å². The first-order valence-corrected chi connectivity index (χ1v) is 7.87. The fourth-order valence-electron chi connectivity index (χ4n) is 2.24. The Labute approximate surface area is 145 Å². The third-order valence-corrected chi connectivity index (χ3v) is 3.94. The lowest BCUT2D eigenvalue weighted by molar-refractivity contribution is 0.0948. The van der Waals surface area contributed by atoms with Crippen LogP contribution in [0, 0.1) is 5.82 Å². The number of carbonyl (C=O) groups excluding carboxylic acids is 1. The zero-order valence-corrected chi connectivity index (χ0v) is 14.0. The first-order chi connectivity index (χ1) is 11.5. The number of halogens is 2. The minimum absolute atomic E-state index is 0.114. The van der Waals surface area contributed by atoms with Gasteiger partial charge in [0.2, 0.25) is 0 Å². The number of nitrogens with one attached hydrogen (secondary N) is 1. The molecule has 1 amide bonds. The molecule has 0 radical (unpaired) electrons. The summed E-state index contributed by atoms with van der Waals surface area (Å²) < 4.78 is 16.4. The fraction of sp³-hybridized carbons (Fsp3) is 0.0588. The predicted molar refractivity (Wildman–Crippen MR) is 90.5 cm³/mol. The molecule has 0 aliphatic carbocycles. The van der Waals surface area contributed by atoms with E-state index in [-0.39, 0.29) is 17.9 Å². The van der Waals surface area contributed by atoms with Crippen LogP contribution < -0.4 is 5.32 Å². The summed E-state index contributed by atoms with van der Waals surface area (Å²) in [6.45, 7) is 0.145. The van der Waals surface area contributed by atoms with Gasteiger partial charge in [-0.3, -0.25) is 4.79 Å². The van der Waals surface area contributed by atoms with Crippen LogP contribution in [-0.2, 0) is 6.54 Å². The normalized spacial score (nSPS) is 10.6. The fourth-order valence-corrected chi connectivity index (χ4v) is 2.60. The van der Waals surface area contributed by atoms with Gasteiger partial charge in [-0.1, -0.05) is 22.0 Å². The van der Waals surface area contributed by atoms with Crippen molar-refractivity contribution in [3.05, 3.63) is 76.5 Å². The first-order valence-electron chi connectivity index (χ1n) is 7.08. The standard InChI is InChI=1S/C17H13BrFN3O2/c18-12-2-4-16(23)13(8-12)17(24)21-9-11-1-3-15(14(19)7-11)22-6-5-20-10-22/h1-8,10,23H,9H2,(H,21,24). The van der Waals surface area contributed by atoms with Crippen LogP contribution >= 0.6 is 15.9 Å². The summed E-state index contributed by atoms with van der Waals surface area (Å²) in [6, 6.07) is 9.28. The quantitative estimate of drug-likeness (QED) is 0.718. The van der Waals surface area contributed by atoms with Crippen molar-refractivity contribution in [1.29, 1.82) is 0 Å². The van der Waals surface area contributed by atoms with Crippen LogP contribution in [-0.4, -0.2) is 20.6 Å². The number of phenolic OH excluding ortho intramolecular Hbond substituents is 1. The summed E-state index contributed by atoms with van der Waals surface area (Å²) in [5.74, 6) is -0.963. The van der Waals surface area contributed by atoms with Gasteiger partial charge in [-0.05, 0) is 35.9 Å². The van der Waals surface area contributed by atoms with Gasteiger partial charge >= 0.3 is 0 Å². The number of aromatic nitrogens is 2. The largest absolute Gasteiger partial charge is 0.507 e. The lowest BCUT2D eigenvalue weighted by Gasteiger charge is -2.09. The average molecular weight is 390 g/mol. The molecule has 0 saturated heterocycles. The maximum atomic E-state index is 14.2. The monoisotopic (exact) mass is 389 g/mol. The summed E-state index contributed by atoms with van der Waals surface area (Å²) in [4.78, 5) is 16.0. The van der Waals surface area contributed by atoms with E-state index < -0.39 is 11.7 Å². The molecule has 3 aromatic rings. The van der Waals surface area contributed by atoms with E-state index in [2.05, 4.69) is 26.2 Å². The van der Waals surface area contributed by atoms with Crippen molar-refractivity contribution in [3.8, 4) is 11.4 Å². The molecule has 1 heterocycles. The van der Waals surface area contributed by atoms with E-state index in [0.717, 1.165) is 0 Å². The van der Waals surface area contributed by atoms with Crippen molar-refractivity contribution < 1.29 is 14.3 Å². The topological polar surface area (TPSA) is 67.2 Å². The van der Waals surface area contributed by atoms with Crippen LogP contribution in [0.5, 0.6) is 5.75 Å². The molecule has 2 aromatic carbocycles. The number of aromatic hydroxyl groups is 1. The number of nitrogens with zero attached hydrogens (tertiary/aromatic N) is 2. The molecule has 1 aromatic heterocycles. The summed E-state index contributed by atoms with van der Waals surface area (Å²) in [5.41, 5.74) is 1.14. The third kappa shape index (κ3) is 3.46. The van der Waals surface area contributed by atoms with Crippen molar-refractivity contribution in [3.63, 3.8) is 0 Å². The first kappa shape index (κ1) is 16.2. The van der Waals surface area contributed by atoms with Gasteiger partial charge in [0.1, 0.15) is 11.6 Å². The van der Waals surface area contributed by atoms with E-state index in [1.54, 1.807) is 35.2 Å². The van der Waals surface area contributed by atoms with Gasteiger partial charge in [-0.2, -0.15) is 0 Å². The lowest BCUT2D eigenvalue weighted by atomic mass is 10.1. The molecule has 0 aliphatic rings. The van der Waals surface area contributed by atoms with E-state index in [1.165, 1.54) is 24.5 Å². The van der Waals surface area contributed by atoms with Crippen molar-refractivity contribution in [2.24, 2.45) is 0 Å². The highest BCUT2D eigenvalue weighted by atomic mass is 79.9. The van der Waals surface area contributed by atoms with Crippen LogP contribution in [0.4, 0.5) is 4.39 Å².